The number of sulfonamides is 1. The molecule has 0 amide bonds. The highest BCUT2D eigenvalue weighted by atomic mass is 32.2. The smallest absolute Gasteiger partial charge is 0.309 e. The standard InChI is InChI=1S/C13H14N2O6S2/c1-20-10-4-3-9(6-11(10)21-2)23(18,19)15-13-14-8(7-22-13)5-12(16)17/h3-4,6-7H,5H2,1-2H3,(H,14,15)(H,16,17). The maximum atomic E-state index is 12.3. The van der Waals surface area contributed by atoms with Gasteiger partial charge in [-0.25, -0.2) is 13.4 Å². The number of benzene rings is 1. The second-order valence-corrected chi connectivity index (χ2v) is 6.88. The van der Waals surface area contributed by atoms with Crippen LogP contribution in [0.4, 0.5) is 5.13 Å². The molecular weight excluding hydrogens is 344 g/mol. The van der Waals surface area contributed by atoms with Crippen LogP contribution in [0.3, 0.4) is 0 Å². The molecule has 1 heterocycles. The summed E-state index contributed by atoms with van der Waals surface area (Å²) < 4.78 is 37.1. The van der Waals surface area contributed by atoms with E-state index in [0.717, 1.165) is 11.3 Å². The summed E-state index contributed by atoms with van der Waals surface area (Å²) in [7, 11) is -1.02. The van der Waals surface area contributed by atoms with Gasteiger partial charge in [0.15, 0.2) is 16.6 Å². The van der Waals surface area contributed by atoms with Gasteiger partial charge in [-0.1, -0.05) is 0 Å². The van der Waals surface area contributed by atoms with Gasteiger partial charge in [0.25, 0.3) is 10.0 Å². The molecule has 0 aliphatic heterocycles. The number of anilines is 1. The van der Waals surface area contributed by atoms with Crippen LogP contribution in [0, 0.1) is 0 Å². The summed E-state index contributed by atoms with van der Waals surface area (Å²) in [5, 5.41) is 10.3. The second kappa shape index (κ2) is 6.84. The molecule has 10 heteroatoms. The van der Waals surface area contributed by atoms with Crippen molar-refractivity contribution in [1.29, 1.82) is 0 Å². The van der Waals surface area contributed by atoms with Crippen LogP contribution in [0.5, 0.6) is 11.5 Å². The van der Waals surface area contributed by atoms with Crippen LogP contribution in [0.15, 0.2) is 28.5 Å². The van der Waals surface area contributed by atoms with Crippen LogP contribution >= 0.6 is 11.3 Å². The lowest BCUT2D eigenvalue weighted by Gasteiger charge is -2.10. The quantitative estimate of drug-likeness (QED) is 0.772. The van der Waals surface area contributed by atoms with Crippen molar-refractivity contribution in [1.82, 2.24) is 4.98 Å². The molecule has 1 aromatic carbocycles. The first-order valence-corrected chi connectivity index (χ1v) is 8.63. The number of rotatable bonds is 7. The molecule has 2 N–H and O–H groups in total. The molecule has 0 radical (unpaired) electrons. The highest BCUT2D eigenvalue weighted by molar-refractivity contribution is 7.93. The largest absolute Gasteiger partial charge is 0.493 e. The Labute approximate surface area is 136 Å². The molecule has 0 aliphatic carbocycles. The highest BCUT2D eigenvalue weighted by Crippen LogP contribution is 2.30. The summed E-state index contributed by atoms with van der Waals surface area (Å²) in [5.41, 5.74) is 0.285. The third-order valence-electron chi connectivity index (χ3n) is 2.77. The van der Waals surface area contributed by atoms with Gasteiger partial charge in [-0.2, -0.15) is 0 Å². The average Bonchev–Trinajstić information content (AvgIpc) is 2.91. The van der Waals surface area contributed by atoms with Gasteiger partial charge in [0.05, 0.1) is 31.2 Å². The predicted octanol–water partition coefficient (Wildman–Crippen LogP) is 1.59. The van der Waals surface area contributed by atoms with Crippen LogP contribution in [0.25, 0.3) is 0 Å². The summed E-state index contributed by atoms with van der Waals surface area (Å²) in [6.07, 6.45) is -0.269. The van der Waals surface area contributed by atoms with Crippen LogP contribution in [0.1, 0.15) is 5.69 Å². The van der Waals surface area contributed by atoms with Crippen molar-refractivity contribution in [2.24, 2.45) is 0 Å². The van der Waals surface area contributed by atoms with E-state index in [0.29, 0.717) is 5.75 Å². The first-order valence-electron chi connectivity index (χ1n) is 6.26. The Balaban J connectivity index is 2.25. The van der Waals surface area contributed by atoms with Gasteiger partial charge in [0.2, 0.25) is 0 Å². The van der Waals surface area contributed by atoms with Crippen molar-refractivity contribution < 1.29 is 27.8 Å². The maximum absolute atomic E-state index is 12.3. The number of ether oxygens (including phenoxy) is 2. The Kier molecular flexibility index (Phi) is 5.06. The molecule has 2 rings (SSSR count). The fourth-order valence-corrected chi connectivity index (χ4v) is 3.73. The Bertz CT molecular complexity index is 816. The lowest BCUT2D eigenvalue weighted by Crippen LogP contribution is -2.13. The number of carbonyl (C=O) groups is 1. The van der Waals surface area contributed by atoms with Gasteiger partial charge >= 0.3 is 5.97 Å². The number of nitrogens with zero attached hydrogens (tertiary/aromatic N) is 1. The normalized spacial score (nSPS) is 11.0. The first-order chi connectivity index (χ1) is 10.9. The number of aliphatic carboxylic acids is 1. The van der Waals surface area contributed by atoms with Gasteiger partial charge < -0.3 is 14.6 Å². The number of nitrogens with one attached hydrogen (secondary N) is 1. The van der Waals surface area contributed by atoms with E-state index in [4.69, 9.17) is 14.6 Å². The topological polar surface area (TPSA) is 115 Å². The molecule has 0 unspecified atom stereocenters. The lowest BCUT2D eigenvalue weighted by molar-refractivity contribution is -0.136. The fourth-order valence-electron chi connectivity index (χ4n) is 1.75. The van der Waals surface area contributed by atoms with Crippen LogP contribution in [-0.2, 0) is 21.2 Å². The van der Waals surface area contributed by atoms with Gasteiger partial charge in [0.1, 0.15) is 0 Å². The van der Waals surface area contributed by atoms with E-state index in [9.17, 15) is 13.2 Å². The summed E-state index contributed by atoms with van der Waals surface area (Å²) in [4.78, 5) is 14.5. The number of carboxylic acids is 1. The maximum Gasteiger partial charge on any atom is 0.309 e. The molecule has 0 saturated heterocycles. The molecule has 2 aromatic rings. The van der Waals surface area contributed by atoms with Crippen LogP contribution < -0.4 is 14.2 Å². The molecule has 23 heavy (non-hydrogen) atoms. The SMILES string of the molecule is COc1ccc(S(=O)(=O)Nc2nc(CC(=O)O)cs2)cc1OC. The molecule has 0 atom stereocenters. The molecule has 0 aliphatic rings. The summed E-state index contributed by atoms with van der Waals surface area (Å²) in [5.74, 6) is -0.352. The minimum absolute atomic E-state index is 0.0230. The Morgan fingerprint density at radius 2 is 2.00 bits per heavy atom. The predicted molar refractivity (Wildman–Crippen MR) is 83.8 cm³/mol. The second-order valence-electron chi connectivity index (χ2n) is 4.34. The van der Waals surface area contributed by atoms with Crippen molar-refractivity contribution in [3.8, 4) is 11.5 Å². The van der Waals surface area contributed by atoms with E-state index < -0.39 is 16.0 Å². The van der Waals surface area contributed by atoms with Crippen molar-refractivity contribution in [2.75, 3.05) is 18.9 Å². The number of thiazole rings is 1. The number of methoxy groups -OCH3 is 2. The molecule has 124 valence electrons. The van der Waals surface area contributed by atoms with E-state index in [1.165, 1.54) is 37.8 Å². The number of hydrogen-bond acceptors (Lipinski definition) is 7. The van der Waals surface area contributed by atoms with Crippen molar-refractivity contribution in [3.63, 3.8) is 0 Å². The third-order valence-corrected chi connectivity index (χ3v) is 5.04. The Morgan fingerprint density at radius 1 is 1.30 bits per heavy atom. The van der Waals surface area contributed by atoms with E-state index in [-0.39, 0.29) is 27.9 Å². The van der Waals surface area contributed by atoms with E-state index in [1.807, 2.05) is 0 Å². The third kappa shape index (κ3) is 4.11. The summed E-state index contributed by atoms with van der Waals surface area (Å²) >= 11 is 1.01. The van der Waals surface area contributed by atoms with Crippen molar-refractivity contribution in [3.05, 3.63) is 29.3 Å². The molecular formula is C13H14N2O6S2. The minimum Gasteiger partial charge on any atom is -0.493 e. The molecule has 0 saturated carbocycles. The zero-order valence-corrected chi connectivity index (χ0v) is 13.9. The molecule has 8 nitrogen and oxygen atoms in total. The van der Waals surface area contributed by atoms with Gasteiger partial charge in [0, 0.05) is 11.4 Å². The lowest BCUT2D eigenvalue weighted by atomic mass is 10.3. The minimum atomic E-state index is -3.87. The first kappa shape index (κ1) is 17.0. The molecule has 1 aromatic heterocycles. The van der Waals surface area contributed by atoms with Crippen molar-refractivity contribution >= 4 is 32.5 Å². The van der Waals surface area contributed by atoms with Crippen molar-refractivity contribution in [2.45, 2.75) is 11.3 Å². The molecule has 0 spiro atoms. The number of aromatic nitrogens is 1. The molecule has 0 fully saturated rings. The molecule has 0 bridgehead atoms. The zero-order valence-electron chi connectivity index (χ0n) is 12.3. The number of hydrogen-bond donors (Lipinski definition) is 2. The average molecular weight is 358 g/mol. The van der Waals surface area contributed by atoms with Crippen LogP contribution in [-0.4, -0.2) is 38.7 Å². The van der Waals surface area contributed by atoms with E-state index in [2.05, 4.69) is 9.71 Å². The van der Waals surface area contributed by atoms with E-state index in [1.54, 1.807) is 0 Å². The van der Waals surface area contributed by atoms with Gasteiger partial charge in [-0.3, -0.25) is 9.52 Å². The monoisotopic (exact) mass is 358 g/mol. The Hall–Kier alpha value is -2.33. The highest BCUT2D eigenvalue weighted by Gasteiger charge is 2.19. The fraction of sp³-hybridized carbons (Fsp3) is 0.231. The Morgan fingerprint density at radius 3 is 2.61 bits per heavy atom. The number of carboxylic acid groups (broad SMARTS) is 1. The van der Waals surface area contributed by atoms with Gasteiger partial charge in [-0.05, 0) is 12.1 Å². The summed E-state index contributed by atoms with van der Waals surface area (Å²) in [6.45, 7) is 0. The summed E-state index contributed by atoms with van der Waals surface area (Å²) in [6, 6.07) is 4.17. The zero-order chi connectivity index (χ0) is 17.0. The van der Waals surface area contributed by atoms with Crippen LogP contribution in [0.2, 0.25) is 0 Å². The van der Waals surface area contributed by atoms with Gasteiger partial charge in [-0.15, -0.1) is 11.3 Å². The van der Waals surface area contributed by atoms with E-state index >= 15 is 0 Å².